The first-order valence-corrected chi connectivity index (χ1v) is 6.69. The Bertz CT molecular complexity index is 350. The van der Waals surface area contributed by atoms with E-state index in [2.05, 4.69) is 0 Å². The number of nitrogens with zero attached hydrogens (tertiary/aromatic N) is 1. The fourth-order valence-electron chi connectivity index (χ4n) is 2.29. The largest absolute Gasteiger partial charge is 0.469 e. The van der Waals surface area contributed by atoms with E-state index in [1.54, 1.807) is 6.26 Å². The number of carbonyl (C=O) groups excluding carboxylic acids is 1. The van der Waals surface area contributed by atoms with Crippen molar-refractivity contribution >= 4 is 17.5 Å². The van der Waals surface area contributed by atoms with Crippen LogP contribution in [0.25, 0.3) is 0 Å². The van der Waals surface area contributed by atoms with Crippen LogP contribution in [0.4, 0.5) is 0 Å². The number of aryl methyl sites for hydroxylation is 1. The number of hydrogen-bond acceptors (Lipinski definition) is 2. The molecule has 1 aromatic heterocycles. The van der Waals surface area contributed by atoms with E-state index in [0.717, 1.165) is 31.7 Å². The highest BCUT2D eigenvalue weighted by Gasteiger charge is 2.25. The zero-order valence-electron chi connectivity index (χ0n) is 9.90. The van der Waals surface area contributed by atoms with E-state index < -0.39 is 0 Å². The molecule has 0 radical (unpaired) electrons. The normalized spacial score (nSPS) is 19.8. The highest BCUT2D eigenvalue weighted by molar-refractivity contribution is 6.17. The minimum absolute atomic E-state index is 0.235. The third-order valence-corrected chi connectivity index (χ3v) is 3.54. The number of furan rings is 1. The molecule has 0 aromatic carbocycles. The van der Waals surface area contributed by atoms with Gasteiger partial charge < -0.3 is 9.32 Å². The van der Waals surface area contributed by atoms with E-state index in [-0.39, 0.29) is 5.91 Å². The van der Waals surface area contributed by atoms with Crippen LogP contribution in [0.15, 0.2) is 22.8 Å². The minimum atomic E-state index is 0.235. The summed E-state index contributed by atoms with van der Waals surface area (Å²) in [6.45, 7) is 1.77. The van der Waals surface area contributed by atoms with Gasteiger partial charge in [-0.15, -0.1) is 11.6 Å². The first-order chi connectivity index (χ1) is 8.29. The second-order valence-corrected chi connectivity index (χ2v) is 4.93. The van der Waals surface area contributed by atoms with E-state index >= 15 is 0 Å². The average Bonchev–Trinajstić information content (AvgIpc) is 2.97. The number of carbonyl (C=O) groups is 1. The summed E-state index contributed by atoms with van der Waals surface area (Å²) in [5.74, 6) is 2.41. The zero-order chi connectivity index (χ0) is 12.1. The quantitative estimate of drug-likeness (QED) is 0.758. The number of halogens is 1. The SMILES string of the molecule is O=C(CCc1ccco1)N1CCC(CCCl)C1. The van der Waals surface area contributed by atoms with Crippen molar-refractivity contribution < 1.29 is 9.21 Å². The molecule has 1 aliphatic heterocycles. The monoisotopic (exact) mass is 255 g/mol. The van der Waals surface area contributed by atoms with E-state index in [4.69, 9.17) is 16.0 Å². The molecule has 1 atom stereocenters. The standard InChI is InChI=1S/C13H18ClNO2/c14-7-5-11-6-8-15(10-11)13(16)4-3-12-2-1-9-17-12/h1-2,9,11H,3-8,10H2. The van der Waals surface area contributed by atoms with Crippen LogP contribution in [0.5, 0.6) is 0 Å². The molecule has 2 heterocycles. The Morgan fingerprint density at radius 3 is 3.18 bits per heavy atom. The summed E-state index contributed by atoms with van der Waals surface area (Å²) in [7, 11) is 0. The Hall–Kier alpha value is -0.960. The highest BCUT2D eigenvalue weighted by Crippen LogP contribution is 2.21. The van der Waals surface area contributed by atoms with Crippen molar-refractivity contribution in [2.45, 2.75) is 25.7 Å². The lowest BCUT2D eigenvalue weighted by Crippen LogP contribution is -2.28. The first-order valence-electron chi connectivity index (χ1n) is 6.15. The van der Waals surface area contributed by atoms with Crippen molar-refractivity contribution in [3.63, 3.8) is 0 Å². The minimum Gasteiger partial charge on any atom is -0.469 e. The zero-order valence-corrected chi connectivity index (χ0v) is 10.7. The molecule has 4 heteroatoms. The molecule has 17 heavy (non-hydrogen) atoms. The van der Waals surface area contributed by atoms with Crippen molar-refractivity contribution in [2.24, 2.45) is 5.92 Å². The Kier molecular flexibility index (Phi) is 4.49. The maximum absolute atomic E-state index is 11.9. The third-order valence-electron chi connectivity index (χ3n) is 3.32. The molecule has 2 rings (SSSR count). The van der Waals surface area contributed by atoms with Crippen LogP contribution in [0.3, 0.4) is 0 Å². The van der Waals surface area contributed by atoms with Gasteiger partial charge in [0.2, 0.25) is 5.91 Å². The van der Waals surface area contributed by atoms with Crippen molar-refractivity contribution in [1.82, 2.24) is 4.90 Å². The van der Waals surface area contributed by atoms with Crippen molar-refractivity contribution in [2.75, 3.05) is 19.0 Å². The summed E-state index contributed by atoms with van der Waals surface area (Å²) in [5, 5.41) is 0. The molecule has 0 spiro atoms. The van der Waals surface area contributed by atoms with Gasteiger partial charge in [-0.05, 0) is 30.9 Å². The second kappa shape index (κ2) is 6.10. The smallest absolute Gasteiger partial charge is 0.223 e. The third kappa shape index (κ3) is 3.50. The van der Waals surface area contributed by atoms with E-state index in [1.165, 1.54) is 0 Å². The molecule has 1 fully saturated rings. The lowest BCUT2D eigenvalue weighted by molar-refractivity contribution is -0.130. The van der Waals surface area contributed by atoms with Gasteiger partial charge in [0.1, 0.15) is 5.76 Å². The Balaban J connectivity index is 1.73. The Labute approximate surface area is 107 Å². The van der Waals surface area contributed by atoms with Gasteiger partial charge in [-0.3, -0.25) is 4.79 Å². The van der Waals surface area contributed by atoms with E-state index in [1.807, 2.05) is 17.0 Å². The first kappa shape index (κ1) is 12.5. The molecule has 1 aromatic rings. The topological polar surface area (TPSA) is 33.5 Å². The van der Waals surface area contributed by atoms with Crippen LogP contribution in [-0.2, 0) is 11.2 Å². The maximum Gasteiger partial charge on any atom is 0.223 e. The highest BCUT2D eigenvalue weighted by atomic mass is 35.5. The van der Waals surface area contributed by atoms with Gasteiger partial charge in [0, 0.05) is 31.8 Å². The summed E-state index contributed by atoms with van der Waals surface area (Å²) in [6.07, 6.45) is 5.00. The molecular formula is C13H18ClNO2. The molecule has 3 nitrogen and oxygen atoms in total. The van der Waals surface area contributed by atoms with Crippen LogP contribution in [0.1, 0.15) is 25.0 Å². The van der Waals surface area contributed by atoms with Crippen molar-refractivity contribution in [1.29, 1.82) is 0 Å². The fourth-order valence-corrected chi connectivity index (χ4v) is 2.60. The lowest BCUT2D eigenvalue weighted by Gasteiger charge is -2.15. The molecule has 0 bridgehead atoms. The van der Waals surface area contributed by atoms with Crippen LogP contribution in [-0.4, -0.2) is 29.8 Å². The van der Waals surface area contributed by atoms with Gasteiger partial charge in [-0.25, -0.2) is 0 Å². The van der Waals surface area contributed by atoms with Crippen LogP contribution >= 0.6 is 11.6 Å². The van der Waals surface area contributed by atoms with Gasteiger partial charge in [0.15, 0.2) is 0 Å². The average molecular weight is 256 g/mol. The van der Waals surface area contributed by atoms with E-state index in [0.29, 0.717) is 24.6 Å². The predicted octanol–water partition coefficient (Wildman–Crippen LogP) is 2.69. The number of rotatable bonds is 5. The van der Waals surface area contributed by atoms with Gasteiger partial charge in [0.05, 0.1) is 6.26 Å². The number of alkyl halides is 1. The molecule has 1 amide bonds. The van der Waals surface area contributed by atoms with Crippen LogP contribution < -0.4 is 0 Å². The fraction of sp³-hybridized carbons (Fsp3) is 0.615. The molecular weight excluding hydrogens is 238 g/mol. The predicted molar refractivity (Wildman–Crippen MR) is 67.1 cm³/mol. The lowest BCUT2D eigenvalue weighted by atomic mass is 10.1. The van der Waals surface area contributed by atoms with Gasteiger partial charge >= 0.3 is 0 Å². The molecule has 0 N–H and O–H groups in total. The summed E-state index contributed by atoms with van der Waals surface area (Å²) in [4.78, 5) is 13.9. The summed E-state index contributed by atoms with van der Waals surface area (Å²) in [6, 6.07) is 3.76. The molecule has 1 unspecified atom stereocenters. The Morgan fingerprint density at radius 1 is 1.59 bits per heavy atom. The Morgan fingerprint density at radius 2 is 2.47 bits per heavy atom. The molecule has 1 aliphatic rings. The maximum atomic E-state index is 11.9. The molecule has 0 saturated carbocycles. The van der Waals surface area contributed by atoms with Crippen LogP contribution in [0.2, 0.25) is 0 Å². The second-order valence-electron chi connectivity index (χ2n) is 4.55. The summed E-state index contributed by atoms with van der Waals surface area (Å²) >= 11 is 5.72. The van der Waals surface area contributed by atoms with Gasteiger partial charge in [-0.2, -0.15) is 0 Å². The van der Waals surface area contributed by atoms with Gasteiger partial charge in [0.25, 0.3) is 0 Å². The van der Waals surface area contributed by atoms with Gasteiger partial charge in [-0.1, -0.05) is 0 Å². The molecule has 94 valence electrons. The van der Waals surface area contributed by atoms with Crippen LogP contribution in [0, 0.1) is 5.92 Å². The number of hydrogen-bond donors (Lipinski definition) is 0. The molecule has 1 saturated heterocycles. The molecule has 0 aliphatic carbocycles. The van der Waals surface area contributed by atoms with Crippen molar-refractivity contribution in [3.8, 4) is 0 Å². The summed E-state index contributed by atoms with van der Waals surface area (Å²) in [5.41, 5.74) is 0. The number of likely N-dealkylation sites (tertiary alicyclic amines) is 1. The summed E-state index contributed by atoms with van der Waals surface area (Å²) < 4.78 is 5.22. The number of amides is 1. The van der Waals surface area contributed by atoms with Crippen molar-refractivity contribution in [3.05, 3.63) is 24.2 Å². The van der Waals surface area contributed by atoms with E-state index in [9.17, 15) is 4.79 Å².